The average Bonchev–Trinajstić information content (AvgIpc) is 2.23. The fraction of sp³-hybridized carbons (Fsp3) is 0.429. The van der Waals surface area contributed by atoms with E-state index in [4.69, 9.17) is 0 Å². The number of hydrogen-bond donors (Lipinski definition) is 0. The smallest absolute Gasteiger partial charge is 0.0193 e. The number of benzene rings is 1. The molecule has 1 aliphatic rings. The molecule has 74 valence electrons. The van der Waals surface area contributed by atoms with E-state index in [1.807, 2.05) is 0 Å². The summed E-state index contributed by atoms with van der Waals surface area (Å²) in [7, 11) is 0. The Hall–Kier alpha value is -1.04. The molecular formula is C14H18. The van der Waals surface area contributed by atoms with E-state index in [9.17, 15) is 0 Å². The summed E-state index contributed by atoms with van der Waals surface area (Å²) in [6.45, 7) is 2.14. The van der Waals surface area contributed by atoms with Gasteiger partial charge in [0.05, 0.1) is 0 Å². The Kier molecular flexibility index (Phi) is 3.03. The summed E-state index contributed by atoms with van der Waals surface area (Å²) < 4.78 is 0. The second-order valence-electron chi connectivity index (χ2n) is 4.31. The second-order valence-corrected chi connectivity index (χ2v) is 4.31. The third-order valence-electron chi connectivity index (χ3n) is 2.97. The van der Waals surface area contributed by atoms with Crippen molar-refractivity contribution in [1.82, 2.24) is 0 Å². The first-order valence-corrected chi connectivity index (χ1v) is 5.57. The molecule has 1 unspecified atom stereocenters. The Bertz CT molecular complexity index is 305. The van der Waals surface area contributed by atoms with Gasteiger partial charge in [0.1, 0.15) is 0 Å². The highest BCUT2D eigenvalue weighted by Crippen LogP contribution is 2.21. The van der Waals surface area contributed by atoms with Crippen LogP contribution in [0.1, 0.15) is 30.4 Å². The Labute approximate surface area is 86.7 Å². The zero-order valence-electron chi connectivity index (χ0n) is 8.87. The molecular weight excluding hydrogens is 168 g/mol. The predicted molar refractivity (Wildman–Crippen MR) is 61.4 cm³/mol. The highest BCUT2D eigenvalue weighted by Gasteiger charge is 2.08. The van der Waals surface area contributed by atoms with Crippen molar-refractivity contribution in [2.45, 2.75) is 32.6 Å². The van der Waals surface area contributed by atoms with Crippen molar-refractivity contribution in [2.75, 3.05) is 0 Å². The fourth-order valence-electron chi connectivity index (χ4n) is 2.08. The summed E-state index contributed by atoms with van der Waals surface area (Å²) in [5, 5.41) is 0. The quantitative estimate of drug-likeness (QED) is 0.615. The molecule has 0 N–H and O–H groups in total. The minimum absolute atomic E-state index is 0.784. The van der Waals surface area contributed by atoms with Crippen LogP contribution >= 0.6 is 0 Å². The standard InChI is InChI=1S/C14H18/c1-12-7-9-14(10-8-12)11-13-5-3-2-4-6-13/h3,5,7-10,13H,2,4,6,11H2,1H3. The van der Waals surface area contributed by atoms with Gasteiger partial charge < -0.3 is 0 Å². The lowest BCUT2D eigenvalue weighted by Gasteiger charge is -2.16. The summed E-state index contributed by atoms with van der Waals surface area (Å²) in [4.78, 5) is 0. The first-order chi connectivity index (χ1) is 6.84. The van der Waals surface area contributed by atoms with Crippen molar-refractivity contribution >= 4 is 0 Å². The van der Waals surface area contributed by atoms with E-state index in [0.29, 0.717) is 0 Å². The van der Waals surface area contributed by atoms with Crippen LogP contribution in [-0.4, -0.2) is 0 Å². The van der Waals surface area contributed by atoms with Gasteiger partial charge >= 0.3 is 0 Å². The van der Waals surface area contributed by atoms with Crippen LogP contribution in [0.3, 0.4) is 0 Å². The minimum Gasteiger partial charge on any atom is -0.0882 e. The van der Waals surface area contributed by atoms with Crippen LogP contribution in [0.15, 0.2) is 36.4 Å². The van der Waals surface area contributed by atoms with E-state index in [1.54, 1.807) is 0 Å². The van der Waals surface area contributed by atoms with E-state index >= 15 is 0 Å². The molecule has 0 bridgehead atoms. The maximum Gasteiger partial charge on any atom is -0.0193 e. The van der Waals surface area contributed by atoms with E-state index in [0.717, 1.165) is 5.92 Å². The van der Waals surface area contributed by atoms with Crippen molar-refractivity contribution in [3.63, 3.8) is 0 Å². The van der Waals surface area contributed by atoms with Crippen molar-refractivity contribution < 1.29 is 0 Å². The summed E-state index contributed by atoms with van der Waals surface area (Å²) in [5.41, 5.74) is 2.83. The highest BCUT2D eigenvalue weighted by molar-refractivity contribution is 5.22. The minimum atomic E-state index is 0.784. The lowest BCUT2D eigenvalue weighted by Crippen LogP contribution is -2.04. The first kappa shape index (κ1) is 9.51. The number of aryl methyl sites for hydroxylation is 1. The summed E-state index contributed by atoms with van der Waals surface area (Å²) in [6, 6.07) is 8.94. The average molecular weight is 186 g/mol. The Balaban J connectivity index is 1.99. The monoisotopic (exact) mass is 186 g/mol. The largest absolute Gasteiger partial charge is 0.0882 e. The van der Waals surface area contributed by atoms with Gasteiger partial charge in [-0.05, 0) is 44.1 Å². The number of rotatable bonds is 2. The van der Waals surface area contributed by atoms with Gasteiger partial charge in [-0.15, -0.1) is 0 Å². The molecule has 1 aromatic carbocycles. The first-order valence-electron chi connectivity index (χ1n) is 5.57. The molecule has 0 heterocycles. The van der Waals surface area contributed by atoms with Gasteiger partial charge in [0.2, 0.25) is 0 Å². The van der Waals surface area contributed by atoms with Crippen LogP contribution < -0.4 is 0 Å². The van der Waals surface area contributed by atoms with Gasteiger partial charge in [0, 0.05) is 0 Å². The molecule has 2 rings (SSSR count). The van der Waals surface area contributed by atoms with E-state index < -0.39 is 0 Å². The van der Waals surface area contributed by atoms with E-state index in [-0.39, 0.29) is 0 Å². The molecule has 1 atom stereocenters. The van der Waals surface area contributed by atoms with Gasteiger partial charge in [-0.3, -0.25) is 0 Å². The van der Waals surface area contributed by atoms with Crippen LogP contribution in [0.4, 0.5) is 0 Å². The molecule has 0 fully saturated rings. The summed E-state index contributed by atoms with van der Waals surface area (Å²) >= 11 is 0. The number of hydrogen-bond acceptors (Lipinski definition) is 0. The Morgan fingerprint density at radius 2 is 2.00 bits per heavy atom. The van der Waals surface area contributed by atoms with Gasteiger partial charge in [-0.1, -0.05) is 42.0 Å². The lowest BCUT2D eigenvalue weighted by atomic mass is 9.90. The zero-order valence-corrected chi connectivity index (χ0v) is 8.87. The summed E-state index contributed by atoms with van der Waals surface area (Å²) in [6.07, 6.45) is 9.96. The van der Waals surface area contributed by atoms with Crippen LogP contribution in [0, 0.1) is 12.8 Å². The molecule has 1 aromatic rings. The highest BCUT2D eigenvalue weighted by atomic mass is 14.1. The molecule has 0 amide bonds. The molecule has 0 saturated carbocycles. The van der Waals surface area contributed by atoms with Crippen LogP contribution in [0.2, 0.25) is 0 Å². The molecule has 0 spiro atoms. The molecule has 0 aliphatic heterocycles. The number of allylic oxidation sites excluding steroid dienone is 2. The van der Waals surface area contributed by atoms with E-state index in [2.05, 4.69) is 43.3 Å². The molecule has 0 radical (unpaired) electrons. The third kappa shape index (κ3) is 2.47. The normalized spacial score (nSPS) is 21.1. The maximum atomic E-state index is 2.39. The van der Waals surface area contributed by atoms with Gasteiger partial charge in [0.25, 0.3) is 0 Å². The van der Waals surface area contributed by atoms with Gasteiger partial charge in [0.15, 0.2) is 0 Å². The lowest BCUT2D eigenvalue weighted by molar-refractivity contribution is 0.539. The predicted octanol–water partition coefficient (Wildman–Crippen LogP) is 3.89. The fourth-order valence-corrected chi connectivity index (χ4v) is 2.08. The molecule has 14 heavy (non-hydrogen) atoms. The summed E-state index contributed by atoms with van der Waals surface area (Å²) in [5.74, 6) is 0.784. The topological polar surface area (TPSA) is 0 Å². The Morgan fingerprint density at radius 3 is 2.64 bits per heavy atom. The van der Waals surface area contributed by atoms with E-state index in [1.165, 1.54) is 36.8 Å². The molecule has 1 aliphatic carbocycles. The maximum absolute atomic E-state index is 2.39. The van der Waals surface area contributed by atoms with Gasteiger partial charge in [-0.2, -0.15) is 0 Å². The third-order valence-corrected chi connectivity index (χ3v) is 2.97. The van der Waals surface area contributed by atoms with Crippen molar-refractivity contribution in [3.8, 4) is 0 Å². The SMILES string of the molecule is Cc1ccc(CC2C=CCCC2)cc1. The van der Waals surface area contributed by atoms with Crippen LogP contribution in [0.5, 0.6) is 0 Å². The van der Waals surface area contributed by atoms with Crippen LogP contribution in [0.25, 0.3) is 0 Å². The zero-order chi connectivity index (χ0) is 9.80. The molecule has 0 saturated heterocycles. The Morgan fingerprint density at radius 1 is 1.21 bits per heavy atom. The molecule has 0 nitrogen and oxygen atoms in total. The molecule has 0 aromatic heterocycles. The van der Waals surface area contributed by atoms with Crippen molar-refractivity contribution in [1.29, 1.82) is 0 Å². The van der Waals surface area contributed by atoms with Crippen molar-refractivity contribution in [2.24, 2.45) is 5.92 Å². The van der Waals surface area contributed by atoms with Crippen molar-refractivity contribution in [3.05, 3.63) is 47.5 Å². The second kappa shape index (κ2) is 4.45. The van der Waals surface area contributed by atoms with Crippen LogP contribution in [-0.2, 0) is 6.42 Å². The van der Waals surface area contributed by atoms with Gasteiger partial charge in [-0.25, -0.2) is 0 Å². The molecule has 0 heteroatoms.